The molecule has 0 radical (unpaired) electrons. The zero-order valence-corrected chi connectivity index (χ0v) is 21.0. The summed E-state index contributed by atoms with van der Waals surface area (Å²) in [5.74, 6) is -1.46. The van der Waals surface area contributed by atoms with Crippen molar-refractivity contribution >= 4 is 11.0 Å². The maximum atomic E-state index is 12.7. The molecular formula is C26H28O15. The predicted octanol–water partition coefficient (Wildman–Crippen LogP) is -1.78. The highest BCUT2D eigenvalue weighted by atomic mass is 16.7. The zero-order chi connectivity index (χ0) is 29.6. The Morgan fingerprint density at radius 3 is 2.29 bits per heavy atom. The van der Waals surface area contributed by atoms with Gasteiger partial charge in [0.05, 0.1) is 18.8 Å². The van der Waals surface area contributed by atoms with Crippen LogP contribution in [0.1, 0.15) is 0 Å². The quantitative estimate of drug-likeness (QED) is 0.156. The summed E-state index contributed by atoms with van der Waals surface area (Å²) in [4.78, 5) is 12.7. The Kier molecular flexibility index (Phi) is 8.06. The predicted molar refractivity (Wildman–Crippen MR) is 134 cm³/mol. The van der Waals surface area contributed by atoms with E-state index in [1.807, 2.05) is 0 Å². The van der Waals surface area contributed by atoms with Gasteiger partial charge in [0, 0.05) is 24.3 Å². The number of hydrogen-bond donors (Lipinski definition) is 9. The van der Waals surface area contributed by atoms with Crippen LogP contribution in [0.3, 0.4) is 0 Å². The lowest BCUT2D eigenvalue weighted by atomic mass is 9.99. The Hall–Kier alpha value is -3.51. The highest BCUT2D eigenvalue weighted by molar-refractivity contribution is 5.86. The maximum Gasteiger partial charge on any atom is 0.229 e. The van der Waals surface area contributed by atoms with Gasteiger partial charge in [-0.15, -0.1) is 0 Å². The van der Waals surface area contributed by atoms with Crippen LogP contribution in [0.4, 0.5) is 0 Å². The molecule has 0 amide bonds. The van der Waals surface area contributed by atoms with Gasteiger partial charge in [0.25, 0.3) is 0 Å². The van der Waals surface area contributed by atoms with Gasteiger partial charge in [-0.05, 0) is 12.1 Å². The number of phenols is 3. The molecule has 9 atom stereocenters. The molecule has 0 saturated carbocycles. The highest BCUT2D eigenvalue weighted by Gasteiger charge is 2.46. The first kappa shape index (κ1) is 29.0. The van der Waals surface area contributed by atoms with Gasteiger partial charge in [-0.3, -0.25) is 4.79 Å². The molecule has 9 unspecified atom stereocenters. The number of aliphatic hydroxyl groups excluding tert-OH is 6. The fourth-order valence-electron chi connectivity index (χ4n) is 4.59. The van der Waals surface area contributed by atoms with E-state index in [1.165, 1.54) is 12.1 Å². The van der Waals surface area contributed by atoms with Crippen molar-refractivity contribution in [3.63, 3.8) is 0 Å². The number of rotatable bonds is 6. The Bertz CT molecular complexity index is 1460. The van der Waals surface area contributed by atoms with E-state index < -0.39 is 73.1 Å². The molecule has 2 aliphatic heterocycles. The van der Waals surface area contributed by atoms with Crippen LogP contribution in [0, 0.1) is 0 Å². The van der Waals surface area contributed by atoms with E-state index in [9.17, 15) is 50.8 Å². The molecule has 15 nitrogen and oxygen atoms in total. The molecule has 9 N–H and O–H groups in total. The average Bonchev–Trinajstić information content (AvgIpc) is 2.91. The summed E-state index contributed by atoms with van der Waals surface area (Å²) in [5.41, 5.74) is -0.745. The van der Waals surface area contributed by atoms with Crippen LogP contribution in [-0.2, 0) is 14.2 Å². The van der Waals surface area contributed by atoms with Gasteiger partial charge in [0.15, 0.2) is 11.7 Å². The number of hydrogen-bond acceptors (Lipinski definition) is 15. The van der Waals surface area contributed by atoms with Crippen LogP contribution in [0.5, 0.6) is 23.0 Å². The second kappa shape index (κ2) is 11.4. The van der Waals surface area contributed by atoms with Gasteiger partial charge in [-0.2, -0.15) is 0 Å². The molecule has 3 aromatic rings. The minimum absolute atomic E-state index is 0.0696. The summed E-state index contributed by atoms with van der Waals surface area (Å²) in [7, 11) is 0. The van der Waals surface area contributed by atoms with Crippen molar-refractivity contribution in [2.45, 2.75) is 55.3 Å². The fourth-order valence-corrected chi connectivity index (χ4v) is 4.59. The van der Waals surface area contributed by atoms with Gasteiger partial charge < -0.3 is 69.3 Å². The molecule has 15 heteroatoms. The zero-order valence-electron chi connectivity index (χ0n) is 21.0. The minimum Gasteiger partial charge on any atom is -0.508 e. The van der Waals surface area contributed by atoms with Crippen molar-refractivity contribution < 1.29 is 69.3 Å². The lowest BCUT2D eigenvalue weighted by Crippen LogP contribution is -2.61. The molecule has 2 saturated heterocycles. The highest BCUT2D eigenvalue weighted by Crippen LogP contribution is 2.37. The van der Waals surface area contributed by atoms with E-state index in [1.54, 1.807) is 0 Å². The monoisotopic (exact) mass is 580 g/mol. The maximum absolute atomic E-state index is 12.7. The fraction of sp³-hybridized carbons (Fsp3) is 0.423. The minimum atomic E-state index is -1.82. The van der Waals surface area contributed by atoms with E-state index >= 15 is 0 Å². The van der Waals surface area contributed by atoms with Crippen molar-refractivity contribution in [1.29, 1.82) is 0 Å². The molecule has 0 aliphatic carbocycles. The summed E-state index contributed by atoms with van der Waals surface area (Å²) in [6.07, 6.45) is -14.3. The largest absolute Gasteiger partial charge is 0.508 e. The summed E-state index contributed by atoms with van der Waals surface area (Å²) in [6.45, 7) is -0.858. The standard InChI is InChI=1S/C26H28O15/c27-9-1-2-11(16-6-13(30)19-12(29)3-10(28)5-17(19)39-16)15(4-9)40-26-24(36)22(34)21(33)18(41-26)8-38-25-23(35)20(32)14(31)7-37-25/h1-6,14,18,20-29,31-36H,7-8H2. The second-order valence-electron chi connectivity index (χ2n) is 9.71. The van der Waals surface area contributed by atoms with Gasteiger partial charge >= 0.3 is 0 Å². The Morgan fingerprint density at radius 1 is 0.805 bits per heavy atom. The van der Waals surface area contributed by atoms with Crippen molar-refractivity contribution in [2.75, 3.05) is 13.2 Å². The first-order valence-electron chi connectivity index (χ1n) is 12.4. The average molecular weight is 580 g/mol. The summed E-state index contributed by atoms with van der Waals surface area (Å²) >= 11 is 0. The lowest BCUT2D eigenvalue weighted by molar-refractivity contribution is -0.307. The Balaban J connectivity index is 1.40. The molecule has 0 bridgehead atoms. The summed E-state index contributed by atoms with van der Waals surface area (Å²) in [5, 5.41) is 90.7. The van der Waals surface area contributed by atoms with Gasteiger partial charge in [-0.25, -0.2) is 0 Å². The van der Waals surface area contributed by atoms with Gasteiger partial charge in [-0.1, -0.05) is 0 Å². The molecular weight excluding hydrogens is 552 g/mol. The van der Waals surface area contributed by atoms with E-state index in [4.69, 9.17) is 23.4 Å². The number of aliphatic hydroxyl groups is 6. The SMILES string of the molecule is O=c1cc(-c2ccc(O)cc2OC2OC(COC3OCC(O)C(O)C3O)C(O)C(O)C2O)oc2cc(O)cc(O)c12. The lowest BCUT2D eigenvalue weighted by Gasteiger charge is -2.41. The third-order valence-electron chi connectivity index (χ3n) is 6.82. The van der Waals surface area contributed by atoms with Crippen LogP contribution >= 0.6 is 0 Å². The number of benzene rings is 2. The molecule has 5 rings (SSSR count). The molecule has 0 spiro atoms. The number of fused-ring (bicyclic) bond motifs is 1. The van der Waals surface area contributed by atoms with Crippen molar-refractivity contribution in [2.24, 2.45) is 0 Å². The van der Waals surface area contributed by atoms with Crippen LogP contribution in [0.2, 0.25) is 0 Å². The van der Waals surface area contributed by atoms with E-state index in [-0.39, 0.29) is 46.1 Å². The first-order valence-corrected chi connectivity index (χ1v) is 12.4. The molecule has 3 heterocycles. The van der Waals surface area contributed by atoms with E-state index in [0.717, 1.165) is 24.3 Å². The molecule has 222 valence electrons. The third kappa shape index (κ3) is 5.67. The van der Waals surface area contributed by atoms with Crippen molar-refractivity contribution in [3.8, 4) is 34.3 Å². The molecule has 2 aromatic carbocycles. The van der Waals surface area contributed by atoms with Crippen LogP contribution in [0.25, 0.3) is 22.3 Å². The topological polar surface area (TPSA) is 249 Å². The van der Waals surface area contributed by atoms with Crippen LogP contribution < -0.4 is 10.2 Å². The Labute approximate surface area is 230 Å². The van der Waals surface area contributed by atoms with Crippen LogP contribution in [-0.4, -0.2) is 114 Å². The smallest absolute Gasteiger partial charge is 0.229 e. The Morgan fingerprint density at radius 2 is 1.54 bits per heavy atom. The first-order chi connectivity index (χ1) is 19.4. The summed E-state index contributed by atoms with van der Waals surface area (Å²) in [6, 6.07) is 6.80. The summed E-state index contributed by atoms with van der Waals surface area (Å²) < 4.78 is 27.6. The van der Waals surface area contributed by atoms with Crippen molar-refractivity contribution in [3.05, 3.63) is 46.6 Å². The molecule has 41 heavy (non-hydrogen) atoms. The van der Waals surface area contributed by atoms with E-state index in [2.05, 4.69) is 0 Å². The molecule has 1 aromatic heterocycles. The van der Waals surface area contributed by atoms with Crippen LogP contribution in [0.15, 0.2) is 45.6 Å². The normalized spacial score (nSPS) is 32.2. The van der Waals surface area contributed by atoms with E-state index in [0.29, 0.717) is 0 Å². The molecule has 2 fully saturated rings. The number of aromatic hydroxyl groups is 3. The van der Waals surface area contributed by atoms with Gasteiger partial charge in [0.2, 0.25) is 6.29 Å². The number of phenolic OH excluding ortho intramolecular Hbond substituents is 3. The van der Waals surface area contributed by atoms with Crippen molar-refractivity contribution in [1.82, 2.24) is 0 Å². The van der Waals surface area contributed by atoms with Gasteiger partial charge in [0.1, 0.15) is 82.5 Å². The number of ether oxygens (including phenoxy) is 4. The second-order valence-corrected chi connectivity index (χ2v) is 9.71. The third-order valence-corrected chi connectivity index (χ3v) is 6.82. The molecule has 2 aliphatic rings.